The van der Waals surface area contributed by atoms with Crippen LogP contribution >= 0.6 is 0 Å². The molecule has 5 aliphatic rings. The van der Waals surface area contributed by atoms with E-state index in [1.54, 1.807) is 0 Å². The second-order valence-corrected chi connectivity index (χ2v) is 11.3. The molecule has 0 bridgehead atoms. The molecule has 204 valence electrons. The monoisotopic (exact) mass is 515 g/mol. The molecule has 37 heavy (non-hydrogen) atoms. The molecular weight excluding hydrogens is 474 g/mol. The third-order valence-electron chi connectivity index (χ3n) is 8.51. The minimum atomic E-state index is -0.847. The molecule has 1 N–H and O–H groups in total. The van der Waals surface area contributed by atoms with E-state index in [2.05, 4.69) is 12.2 Å². The average Bonchev–Trinajstić information content (AvgIpc) is 3.45. The van der Waals surface area contributed by atoms with E-state index in [1.807, 2.05) is 24.3 Å². The van der Waals surface area contributed by atoms with Gasteiger partial charge in [-0.2, -0.15) is 0 Å². The van der Waals surface area contributed by atoms with Gasteiger partial charge in [0.2, 0.25) is 0 Å². The summed E-state index contributed by atoms with van der Waals surface area (Å²) in [6.07, 6.45) is 10.5. The summed E-state index contributed by atoms with van der Waals surface area (Å²) in [5.41, 5.74) is 0.687. The Balaban J connectivity index is 1.16. The third kappa shape index (κ3) is 5.28. The standard InChI is InChI=1S/C29H41NO7/c1-2-3-10-19-32-21-13-11-20(12-14-21)30-26(31)24-22-23(35-28(34-22)15-6-4-7-16-28)25-27(33-24)37-29(36-25)17-8-5-9-18-29/h11-14,22-25,27H,2-10,15-19H2,1H3,(H,30,31)/t22-,23+,24+,25-,27+/m1/s1. The van der Waals surface area contributed by atoms with Gasteiger partial charge in [-0.3, -0.25) is 4.79 Å². The first-order valence-electron chi connectivity index (χ1n) is 14.5. The SMILES string of the molecule is CCCCCOc1ccc(NC(=O)[C@H]2O[C@H]3OC4(CCCCC4)O[C@@H]3[C@H]3OC4(CCCCC4)O[C@H]32)cc1. The Morgan fingerprint density at radius 2 is 1.46 bits per heavy atom. The highest BCUT2D eigenvalue weighted by Crippen LogP contribution is 2.51. The van der Waals surface area contributed by atoms with Crippen LogP contribution in [0.3, 0.4) is 0 Å². The van der Waals surface area contributed by atoms with Gasteiger partial charge in [0, 0.05) is 31.4 Å². The number of nitrogens with one attached hydrogen (secondary N) is 1. The summed E-state index contributed by atoms with van der Waals surface area (Å²) in [6.45, 7) is 2.87. The zero-order valence-electron chi connectivity index (χ0n) is 22.0. The van der Waals surface area contributed by atoms with Crippen molar-refractivity contribution in [1.29, 1.82) is 0 Å². The molecule has 3 aliphatic heterocycles. The number of benzene rings is 1. The van der Waals surface area contributed by atoms with E-state index in [1.165, 1.54) is 12.8 Å². The molecule has 5 atom stereocenters. The summed E-state index contributed by atoms with van der Waals surface area (Å²) in [6, 6.07) is 7.48. The van der Waals surface area contributed by atoms with Gasteiger partial charge >= 0.3 is 0 Å². The molecule has 0 unspecified atom stereocenters. The number of anilines is 1. The molecule has 1 aromatic rings. The Bertz CT molecular complexity index is 925. The summed E-state index contributed by atoms with van der Waals surface area (Å²) in [4.78, 5) is 13.6. The van der Waals surface area contributed by atoms with Gasteiger partial charge in [-0.25, -0.2) is 0 Å². The minimum absolute atomic E-state index is 0.255. The molecule has 3 heterocycles. The second kappa shape index (κ2) is 10.8. The molecule has 6 rings (SSSR count). The van der Waals surface area contributed by atoms with Gasteiger partial charge in [-0.1, -0.05) is 32.6 Å². The van der Waals surface area contributed by atoms with Crippen molar-refractivity contribution in [3.8, 4) is 5.75 Å². The van der Waals surface area contributed by atoms with Crippen molar-refractivity contribution in [3.05, 3.63) is 24.3 Å². The fourth-order valence-electron chi connectivity index (χ4n) is 6.56. The Hall–Kier alpha value is -1.71. The topological polar surface area (TPSA) is 84.5 Å². The number of hydrogen-bond acceptors (Lipinski definition) is 7. The van der Waals surface area contributed by atoms with Crippen molar-refractivity contribution < 1.29 is 33.2 Å². The molecule has 1 amide bonds. The molecule has 8 nitrogen and oxygen atoms in total. The highest BCUT2D eigenvalue weighted by atomic mass is 16.9. The molecule has 2 spiro atoms. The van der Waals surface area contributed by atoms with Crippen LogP contribution in [0.1, 0.15) is 90.4 Å². The zero-order chi connectivity index (χ0) is 25.3. The number of ether oxygens (including phenoxy) is 6. The largest absolute Gasteiger partial charge is 0.494 e. The van der Waals surface area contributed by atoms with E-state index in [9.17, 15) is 4.79 Å². The fourth-order valence-corrected chi connectivity index (χ4v) is 6.56. The van der Waals surface area contributed by atoms with Crippen molar-refractivity contribution in [3.63, 3.8) is 0 Å². The molecule has 0 radical (unpaired) electrons. The lowest BCUT2D eigenvalue weighted by molar-refractivity contribution is -0.246. The van der Waals surface area contributed by atoms with Crippen LogP contribution in [0.2, 0.25) is 0 Å². The Morgan fingerprint density at radius 3 is 2.14 bits per heavy atom. The lowest BCUT2D eigenvalue weighted by atomic mass is 9.94. The Morgan fingerprint density at radius 1 is 0.838 bits per heavy atom. The first-order chi connectivity index (χ1) is 18.1. The molecule has 5 fully saturated rings. The first kappa shape index (κ1) is 25.6. The number of carbonyl (C=O) groups excluding carboxylic acids is 1. The van der Waals surface area contributed by atoms with E-state index in [0.29, 0.717) is 12.3 Å². The molecule has 2 saturated carbocycles. The van der Waals surface area contributed by atoms with Gasteiger partial charge in [0.25, 0.3) is 5.91 Å². The van der Waals surface area contributed by atoms with Crippen LogP contribution in [-0.4, -0.2) is 54.8 Å². The van der Waals surface area contributed by atoms with Gasteiger partial charge < -0.3 is 33.7 Å². The third-order valence-corrected chi connectivity index (χ3v) is 8.51. The lowest BCUT2D eigenvalue weighted by Gasteiger charge is -2.36. The summed E-state index contributed by atoms with van der Waals surface area (Å²) in [7, 11) is 0. The quantitative estimate of drug-likeness (QED) is 0.484. The normalized spacial score (nSPS) is 33.7. The van der Waals surface area contributed by atoms with Crippen LogP contribution in [0.5, 0.6) is 5.75 Å². The van der Waals surface area contributed by atoms with Gasteiger partial charge in [0.15, 0.2) is 24.0 Å². The number of carbonyl (C=O) groups is 1. The lowest BCUT2D eigenvalue weighted by Crippen LogP contribution is -2.58. The van der Waals surface area contributed by atoms with E-state index >= 15 is 0 Å². The summed E-state index contributed by atoms with van der Waals surface area (Å²) in [5, 5.41) is 3.02. The minimum Gasteiger partial charge on any atom is -0.494 e. The number of hydrogen-bond donors (Lipinski definition) is 1. The van der Waals surface area contributed by atoms with Crippen molar-refractivity contribution >= 4 is 11.6 Å². The van der Waals surface area contributed by atoms with Crippen LogP contribution in [0.4, 0.5) is 5.69 Å². The zero-order valence-corrected chi connectivity index (χ0v) is 22.0. The molecule has 0 aromatic heterocycles. The second-order valence-electron chi connectivity index (χ2n) is 11.3. The van der Waals surface area contributed by atoms with E-state index in [0.717, 1.165) is 76.4 Å². The van der Waals surface area contributed by atoms with E-state index < -0.39 is 42.3 Å². The van der Waals surface area contributed by atoms with Crippen molar-refractivity contribution in [1.82, 2.24) is 0 Å². The van der Waals surface area contributed by atoms with Crippen LogP contribution in [0.15, 0.2) is 24.3 Å². The first-order valence-corrected chi connectivity index (χ1v) is 14.5. The van der Waals surface area contributed by atoms with Crippen molar-refractivity contribution in [2.75, 3.05) is 11.9 Å². The Labute approximate surface area is 219 Å². The van der Waals surface area contributed by atoms with Gasteiger partial charge in [-0.05, 0) is 56.4 Å². The van der Waals surface area contributed by atoms with Crippen molar-refractivity contribution in [2.45, 2.75) is 133 Å². The van der Waals surface area contributed by atoms with E-state index in [-0.39, 0.29) is 5.91 Å². The maximum atomic E-state index is 13.6. The average molecular weight is 516 g/mol. The number of amides is 1. The summed E-state index contributed by atoms with van der Waals surface area (Å²) in [5.74, 6) is -0.753. The van der Waals surface area contributed by atoms with Gasteiger partial charge in [-0.15, -0.1) is 0 Å². The molecule has 1 aromatic carbocycles. The number of fused-ring (bicyclic) bond motifs is 3. The summed E-state index contributed by atoms with van der Waals surface area (Å²) >= 11 is 0. The van der Waals surface area contributed by atoms with Crippen LogP contribution in [0, 0.1) is 0 Å². The van der Waals surface area contributed by atoms with Crippen molar-refractivity contribution in [2.24, 2.45) is 0 Å². The van der Waals surface area contributed by atoms with Gasteiger partial charge in [0.05, 0.1) is 6.61 Å². The smallest absolute Gasteiger partial charge is 0.256 e. The van der Waals surface area contributed by atoms with Crippen LogP contribution in [0.25, 0.3) is 0 Å². The molecule has 8 heteroatoms. The predicted molar refractivity (Wildman–Crippen MR) is 136 cm³/mol. The highest BCUT2D eigenvalue weighted by molar-refractivity contribution is 5.94. The Kier molecular flexibility index (Phi) is 7.47. The van der Waals surface area contributed by atoms with Crippen LogP contribution in [-0.2, 0) is 28.5 Å². The molecule has 3 saturated heterocycles. The molecule has 2 aliphatic carbocycles. The maximum absolute atomic E-state index is 13.6. The number of unbranched alkanes of at least 4 members (excludes halogenated alkanes) is 2. The summed E-state index contributed by atoms with van der Waals surface area (Å²) < 4.78 is 38.3. The fraction of sp³-hybridized carbons (Fsp3) is 0.759. The van der Waals surface area contributed by atoms with Crippen LogP contribution < -0.4 is 10.1 Å². The highest BCUT2D eigenvalue weighted by Gasteiger charge is 2.65. The van der Waals surface area contributed by atoms with Gasteiger partial charge in [0.1, 0.15) is 24.1 Å². The predicted octanol–water partition coefficient (Wildman–Crippen LogP) is 5.44. The van der Waals surface area contributed by atoms with E-state index in [4.69, 9.17) is 28.4 Å². The molecular formula is C29H41NO7. The number of rotatable bonds is 7. The maximum Gasteiger partial charge on any atom is 0.256 e.